The number of aromatic hydroxyl groups is 1. The summed E-state index contributed by atoms with van der Waals surface area (Å²) in [7, 11) is 0. The number of hydrogen-bond acceptors (Lipinski definition) is 7. The van der Waals surface area contributed by atoms with Gasteiger partial charge in [-0.15, -0.1) is 0 Å². The minimum absolute atomic E-state index is 0.0995. The maximum atomic E-state index is 14.2. The van der Waals surface area contributed by atoms with Gasteiger partial charge in [-0.1, -0.05) is 11.8 Å². The number of nitrogens with one attached hydrogen (secondary N) is 3. The summed E-state index contributed by atoms with van der Waals surface area (Å²) in [4.78, 5) is 30.1. The predicted molar refractivity (Wildman–Crippen MR) is 88.0 cm³/mol. The molecule has 0 atom stereocenters. The van der Waals surface area contributed by atoms with Gasteiger partial charge in [0.25, 0.3) is 11.5 Å². The molecule has 4 N–H and O–H groups in total. The lowest BCUT2D eigenvalue weighted by Crippen LogP contribution is -2.24. The Hall–Kier alpha value is -3.21. The van der Waals surface area contributed by atoms with Crippen molar-refractivity contribution >= 4 is 23.4 Å². The third-order valence-corrected chi connectivity index (χ3v) is 3.80. The van der Waals surface area contributed by atoms with Crippen LogP contribution in [0.25, 0.3) is 11.3 Å². The van der Waals surface area contributed by atoms with Crippen LogP contribution in [-0.4, -0.2) is 42.6 Å². The number of aromatic nitrogens is 5. The number of nitrogens with zero attached hydrogens (tertiary/aromatic N) is 3. The highest BCUT2D eigenvalue weighted by Gasteiger charge is 2.19. The molecule has 2 heterocycles. The van der Waals surface area contributed by atoms with Crippen molar-refractivity contribution in [1.82, 2.24) is 25.4 Å². The lowest BCUT2D eigenvalue weighted by atomic mass is 10.1. The summed E-state index contributed by atoms with van der Waals surface area (Å²) in [6.45, 7) is 0. The van der Waals surface area contributed by atoms with Crippen LogP contribution in [-0.2, 0) is 0 Å². The van der Waals surface area contributed by atoms with Crippen molar-refractivity contribution in [2.45, 2.75) is 5.16 Å². The SMILES string of the molecule is CSc1nc(O)c(C(=O)Nc2ccc(-c3cn[nH]n3)c(F)c2)c(=O)[nH]1. The quantitative estimate of drug-likeness (QED) is 0.406. The van der Waals surface area contributed by atoms with Crippen molar-refractivity contribution in [2.24, 2.45) is 0 Å². The Balaban J connectivity index is 1.87. The average Bonchev–Trinajstić information content (AvgIpc) is 3.08. The van der Waals surface area contributed by atoms with Gasteiger partial charge in [0.1, 0.15) is 11.5 Å². The Morgan fingerprint density at radius 2 is 2.20 bits per heavy atom. The lowest BCUT2D eigenvalue weighted by molar-refractivity contribution is 0.102. The summed E-state index contributed by atoms with van der Waals surface area (Å²) in [5.74, 6) is -2.25. The molecular formula is C14H11FN6O3S. The van der Waals surface area contributed by atoms with Crippen LogP contribution in [0.4, 0.5) is 10.1 Å². The molecule has 9 nitrogen and oxygen atoms in total. The topological polar surface area (TPSA) is 137 Å². The fourth-order valence-corrected chi connectivity index (χ4v) is 2.44. The third-order valence-electron chi connectivity index (χ3n) is 3.22. The molecule has 0 saturated heterocycles. The van der Waals surface area contributed by atoms with E-state index in [1.54, 1.807) is 6.26 Å². The number of carbonyl (C=O) groups excluding carboxylic acids is 1. The minimum Gasteiger partial charge on any atom is -0.493 e. The molecule has 0 bridgehead atoms. The first-order valence-electron chi connectivity index (χ1n) is 6.84. The molecular weight excluding hydrogens is 351 g/mol. The number of benzene rings is 1. The molecule has 0 saturated carbocycles. The number of rotatable bonds is 4. The standard InChI is InChI=1S/C14H11FN6O3S/c1-25-14-18-12(23)10(13(24)19-14)11(22)17-6-2-3-7(8(15)4-6)9-5-16-21-20-9/h2-5H,1H3,(H,17,22)(H,16,20,21)(H2,18,19,23,24). The molecule has 0 radical (unpaired) electrons. The van der Waals surface area contributed by atoms with Gasteiger partial charge in [0.05, 0.1) is 6.20 Å². The highest BCUT2D eigenvalue weighted by atomic mass is 32.2. The lowest BCUT2D eigenvalue weighted by Gasteiger charge is -2.08. The fraction of sp³-hybridized carbons (Fsp3) is 0.0714. The number of hydrogen-bond donors (Lipinski definition) is 4. The zero-order valence-electron chi connectivity index (χ0n) is 12.7. The summed E-state index contributed by atoms with van der Waals surface area (Å²) in [5, 5.41) is 22.0. The first kappa shape index (κ1) is 16.6. The smallest absolute Gasteiger partial charge is 0.268 e. The highest BCUT2D eigenvalue weighted by Crippen LogP contribution is 2.23. The summed E-state index contributed by atoms with van der Waals surface area (Å²) in [6.07, 6.45) is 3.00. The molecule has 2 aromatic heterocycles. The van der Waals surface area contributed by atoms with Crippen molar-refractivity contribution in [3.05, 3.63) is 46.1 Å². The molecule has 25 heavy (non-hydrogen) atoms. The summed E-state index contributed by atoms with van der Waals surface area (Å²) in [6, 6.07) is 3.90. The summed E-state index contributed by atoms with van der Waals surface area (Å²) >= 11 is 1.10. The van der Waals surface area contributed by atoms with Gasteiger partial charge in [-0.05, 0) is 24.5 Å². The van der Waals surface area contributed by atoms with E-state index in [1.807, 2.05) is 0 Å². The number of thioether (sulfide) groups is 1. The van der Waals surface area contributed by atoms with Crippen molar-refractivity contribution in [1.29, 1.82) is 0 Å². The molecule has 0 aliphatic carbocycles. The van der Waals surface area contributed by atoms with Crippen molar-refractivity contribution < 1.29 is 14.3 Å². The van der Waals surface area contributed by atoms with Gasteiger partial charge in [-0.2, -0.15) is 20.4 Å². The van der Waals surface area contributed by atoms with Gasteiger partial charge < -0.3 is 15.4 Å². The van der Waals surface area contributed by atoms with E-state index >= 15 is 0 Å². The second-order valence-corrected chi connectivity index (χ2v) is 5.57. The van der Waals surface area contributed by atoms with Crippen molar-refractivity contribution in [3.63, 3.8) is 0 Å². The van der Waals surface area contributed by atoms with Crippen LogP contribution in [0.2, 0.25) is 0 Å². The molecule has 11 heteroatoms. The molecule has 1 amide bonds. The first-order valence-corrected chi connectivity index (χ1v) is 8.06. The Bertz CT molecular complexity index is 989. The number of H-pyrrole nitrogens is 2. The van der Waals surface area contributed by atoms with Gasteiger partial charge >= 0.3 is 0 Å². The van der Waals surface area contributed by atoms with E-state index < -0.39 is 28.7 Å². The van der Waals surface area contributed by atoms with E-state index in [-0.39, 0.29) is 16.4 Å². The first-order chi connectivity index (χ1) is 12.0. The van der Waals surface area contributed by atoms with E-state index in [1.165, 1.54) is 18.3 Å². The van der Waals surface area contributed by atoms with E-state index in [9.17, 15) is 19.1 Å². The molecule has 3 aromatic rings. The van der Waals surface area contributed by atoms with Crippen LogP contribution in [0.3, 0.4) is 0 Å². The van der Waals surface area contributed by atoms with E-state index in [0.717, 1.165) is 17.8 Å². The van der Waals surface area contributed by atoms with E-state index in [4.69, 9.17) is 0 Å². The number of anilines is 1. The molecule has 0 aliphatic heterocycles. The predicted octanol–water partition coefficient (Wildman–Crippen LogP) is 1.37. The summed E-state index contributed by atoms with van der Waals surface area (Å²) in [5.41, 5.74) is -0.755. The number of carbonyl (C=O) groups is 1. The van der Waals surface area contributed by atoms with Crippen LogP contribution in [0.5, 0.6) is 5.88 Å². The van der Waals surface area contributed by atoms with Gasteiger partial charge in [-0.25, -0.2) is 4.39 Å². The molecule has 0 aliphatic rings. The van der Waals surface area contributed by atoms with Crippen LogP contribution >= 0.6 is 11.8 Å². The van der Waals surface area contributed by atoms with Gasteiger partial charge in [0.15, 0.2) is 10.7 Å². The van der Waals surface area contributed by atoms with Crippen LogP contribution in [0.15, 0.2) is 34.3 Å². The maximum absolute atomic E-state index is 14.2. The second kappa shape index (κ2) is 6.73. The van der Waals surface area contributed by atoms with Crippen LogP contribution < -0.4 is 10.9 Å². The molecule has 3 rings (SSSR count). The minimum atomic E-state index is -0.910. The Labute approximate surface area is 143 Å². The molecule has 0 unspecified atom stereocenters. The average molecular weight is 362 g/mol. The monoisotopic (exact) mass is 362 g/mol. The van der Waals surface area contributed by atoms with Crippen LogP contribution in [0, 0.1) is 5.82 Å². The highest BCUT2D eigenvalue weighted by molar-refractivity contribution is 7.98. The Kier molecular flexibility index (Phi) is 4.48. The second-order valence-electron chi connectivity index (χ2n) is 4.78. The largest absolute Gasteiger partial charge is 0.493 e. The molecule has 128 valence electrons. The molecule has 0 spiro atoms. The van der Waals surface area contributed by atoms with Gasteiger partial charge in [0.2, 0.25) is 5.88 Å². The van der Waals surface area contributed by atoms with E-state index in [2.05, 4.69) is 30.7 Å². The zero-order chi connectivity index (χ0) is 18.0. The van der Waals surface area contributed by atoms with E-state index in [0.29, 0.717) is 5.69 Å². The van der Waals surface area contributed by atoms with Crippen molar-refractivity contribution in [3.8, 4) is 17.1 Å². The number of aromatic amines is 2. The molecule has 1 aromatic carbocycles. The van der Waals surface area contributed by atoms with Gasteiger partial charge in [0, 0.05) is 11.3 Å². The number of halogens is 1. The van der Waals surface area contributed by atoms with Crippen molar-refractivity contribution in [2.75, 3.05) is 11.6 Å². The Morgan fingerprint density at radius 3 is 2.80 bits per heavy atom. The van der Waals surface area contributed by atoms with Crippen LogP contribution in [0.1, 0.15) is 10.4 Å². The number of amides is 1. The van der Waals surface area contributed by atoms with Gasteiger partial charge in [-0.3, -0.25) is 9.59 Å². The maximum Gasteiger partial charge on any atom is 0.268 e. The normalized spacial score (nSPS) is 10.6. The Morgan fingerprint density at radius 1 is 1.40 bits per heavy atom. The molecule has 0 fully saturated rings. The summed E-state index contributed by atoms with van der Waals surface area (Å²) < 4.78 is 14.2. The zero-order valence-corrected chi connectivity index (χ0v) is 13.5. The third kappa shape index (κ3) is 3.35. The fourth-order valence-electron chi connectivity index (χ4n) is 2.07.